The van der Waals surface area contributed by atoms with E-state index in [1.54, 1.807) is 11.0 Å². The van der Waals surface area contributed by atoms with Crippen molar-refractivity contribution in [3.05, 3.63) is 35.4 Å². The van der Waals surface area contributed by atoms with E-state index < -0.39 is 17.2 Å². The normalized spacial score (nSPS) is 22.7. The number of amides is 2. The van der Waals surface area contributed by atoms with Gasteiger partial charge < -0.3 is 15.3 Å². The zero-order valence-electron chi connectivity index (χ0n) is 15.4. The third-order valence-corrected chi connectivity index (χ3v) is 6.01. The van der Waals surface area contributed by atoms with E-state index in [4.69, 9.17) is 0 Å². The summed E-state index contributed by atoms with van der Waals surface area (Å²) in [6.45, 7) is 1.59. The molecule has 27 heavy (non-hydrogen) atoms. The number of alkyl halides is 3. The Hall–Kier alpha value is -1.76. The van der Waals surface area contributed by atoms with E-state index in [1.165, 1.54) is 12.1 Å². The summed E-state index contributed by atoms with van der Waals surface area (Å²) in [6, 6.07) is 5.34. The van der Waals surface area contributed by atoms with Crippen LogP contribution in [0.15, 0.2) is 24.3 Å². The van der Waals surface area contributed by atoms with Crippen LogP contribution in [0.1, 0.15) is 49.7 Å². The molecule has 2 N–H and O–H groups in total. The molecule has 2 amide bonds. The number of aliphatic hydroxyl groups is 1. The second kappa shape index (κ2) is 8.09. The fourth-order valence-electron chi connectivity index (χ4n) is 4.40. The molecule has 0 radical (unpaired) electrons. The molecule has 0 bridgehead atoms. The second-order valence-electron chi connectivity index (χ2n) is 7.86. The Morgan fingerprint density at radius 1 is 1.26 bits per heavy atom. The van der Waals surface area contributed by atoms with Gasteiger partial charge in [-0.25, -0.2) is 4.79 Å². The average Bonchev–Trinajstić information content (AvgIpc) is 3.16. The van der Waals surface area contributed by atoms with Crippen molar-refractivity contribution in [2.45, 2.75) is 50.1 Å². The lowest BCUT2D eigenvalue weighted by molar-refractivity contribution is -0.137. The SMILES string of the molecule is O=C(NCC1(c2cccc(C(F)(F)F)c2)CCCC1)N1CCCC(CO)C1. The van der Waals surface area contributed by atoms with Gasteiger partial charge in [0, 0.05) is 31.7 Å². The minimum atomic E-state index is -4.37. The number of rotatable bonds is 4. The van der Waals surface area contributed by atoms with E-state index in [9.17, 15) is 23.1 Å². The number of benzene rings is 1. The molecule has 1 saturated heterocycles. The quantitative estimate of drug-likeness (QED) is 0.826. The van der Waals surface area contributed by atoms with Crippen LogP contribution in [0.5, 0.6) is 0 Å². The van der Waals surface area contributed by atoms with Crippen molar-refractivity contribution in [1.82, 2.24) is 10.2 Å². The summed E-state index contributed by atoms with van der Waals surface area (Å²) >= 11 is 0. The molecular weight excluding hydrogens is 357 g/mol. The van der Waals surface area contributed by atoms with Gasteiger partial charge in [-0.15, -0.1) is 0 Å². The first-order chi connectivity index (χ1) is 12.8. The van der Waals surface area contributed by atoms with E-state index >= 15 is 0 Å². The van der Waals surface area contributed by atoms with Crippen LogP contribution < -0.4 is 5.32 Å². The lowest BCUT2D eigenvalue weighted by atomic mass is 9.78. The standard InChI is InChI=1S/C20H27F3N2O2/c21-20(22,23)17-7-3-6-16(11-17)19(8-1-2-9-19)14-24-18(27)25-10-4-5-15(12-25)13-26/h3,6-7,11,15,26H,1-2,4-5,8-10,12-14H2,(H,24,27). The van der Waals surface area contributed by atoms with Crippen LogP contribution in [0.3, 0.4) is 0 Å². The maximum absolute atomic E-state index is 13.1. The van der Waals surface area contributed by atoms with Crippen molar-refractivity contribution in [2.24, 2.45) is 5.92 Å². The highest BCUT2D eigenvalue weighted by Gasteiger charge is 2.38. The highest BCUT2D eigenvalue weighted by Crippen LogP contribution is 2.42. The van der Waals surface area contributed by atoms with Crippen molar-refractivity contribution in [3.63, 3.8) is 0 Å². The Morgan fingerprint density at radius 2 is 2.00 bits per heavy atom. The predicted molar refractivity (Wildman–Crippen MR) is 96.4 cm³/mol. The lowest BCUT2D eigenvalue weighted by Crippen LogP contribution is -2.49. The zero-order chi connectivity index (χ0) is 19.5. The van der Waals surface area contributed by atoms with Gasteiger partial charge in [-0.2, -0.15) is 13.2 Å². The largest absolute Gasteiger partial charge is 0.416 e. The summed E-state index contributed by atoms with van der Waals surface area (Å²) in [6.07, 6.45) is 0.838. The first-order valence-corrected chi connectivity index (χ1v) is 9.65. The van der Waals surface area contributed by atoms with Gasteiger partial charge in [0.05, 0.1) is 5.56 Å². The zero-order valence-corrected chi connectivity index (χ0v) is 15.4. The molecule has 3 rings (SSSR count). The van der Waals surface area contributed by atoms with Crippen molar-refractivity contribution in [1.29, 1.82) is 0 Å². The number of aliphatic hydroxyl groups excluding tert-OH is 1. The Bertz CT molecular complexity index is 657. The van der Waals surface area contributed by atoms with Crippen LogP contribution in [-0.2, 0) is 11.6 Å². The van der Waals surface area contributed by atoms with Gasteiger partial charge in [0.15, 0.2) is 0 Å². The van der Waals surface area contributed by atoms with Crippen LogP contribution in [-0.4, -0.2) is 42.3 Å². The number of carbonyl (C=O) groups excluding carboxylic acids is 1. The molecule has 1 aromatic carbocycles. The molecule has 4 nitrogen and oxygen atoms in total. The first-order valence-electron chi connectivity index (χ1n) is 9.65. The highest BCUT2D eigenvalue weighted by molar-refractivity contribution is 5.74. The Balaban J connectivity index is 1.71. The van der Waals surface area contributed by atoms with Gasteiger partial charge in [-0.05, 0) is 43.2 Å². The van der Waals surface area contributed by atoms with Crippen LogP contribution >= 0.6 is 0 Å². The third kappa shape index (κ3) is 4.57. The summed E-state index contributed by atoms with van der Waals surface area (Å²) in [5.74, 6) is 0.105. The van der Waals surface area contributed by atoms with Crippen molar-refractivity contribution in [3.8, 4) is 0 Å². The van der Waals surface area contributed by atoms with Gasteiger partial charge in [0.25, 0.3) is 0 Å². The summed E-state index contributed by atoms with van der Waals surface area (Å²) in [5, 5.41) is 12.3. The molecule has 150 valence electrons. The monoisotopic (exact) mass is 384 g/mol. The summed E-state index contributed by atoms with van der Waals surface area (Å²) < 4.78 is 39.3. The molecule has 1 atom stereocenters. The minimum Gasteiger partial charge on any atom is -0.396 e. The number of nitrogens with zero attached hydrogens (tertiary/aromatic N) is 1. The number of halogens is 3. The minimum absolute atomic E-state index is 0.0674. The number of urea groups is 1. The van der Waals surface area contributed by atoms with Crippen LogP contribution in [0.2, 0.25) is 0 Å². The van der Waals surface area contributed by atoms with E-state index in [-0.39, 0.29) is 18.6 Å². The molecule has 2 aliphatic rings. The fourth-order valence-corrected chi connectivity index (χ4v) is 4.40. The lowest BCUT2D eigenvalue weighted by Gasteiger charge is -2.35. The Kier molecular flexibility index (Phi) is 5.99. The van der Waals surface area contributed by atoms with Crippen LogP contribution in [0, 0.1) is 5.92 Å². The molecule has 1 saturated carbocycles. The molecule has 7 heteroatoms. The van der Waals surface area contributed by atoms with Crippen LogP contribution in [0.25, 0.3) is 0 Å². The number of hydrogen-bond donors (Lipinski definition) is 2. The van der Waals surface area contributed by atoms with Gasteiger partial charge in [-0.3, -0.25) is 0 Å². The molecule has 0 spiro atoms. The van der Waals surface area contributed by atoms with Crippen molar-refractivity contribution in [2.75, 3.05) is 26.2 Å². The summed E-state index contributed by atoms with van der Waals surface area (Å²) in [4.78, 5) is 14.3. The number of likely N-dealkylation sites (tertiary alicyclic amines) is 1. The smallest absolute Gasteiger partial charge is 0.396 e. The molecule has 1 aliphatic heterocycles. The second-order valence-corrected chi connectivity index (χ2v) is 7.86. The Morgan fingerprint density at radius 3 is 2.67 bits per heavy atom. The molecule has 0 aromatic heterocycles. The van der Waals surface area contributed by atoms with E-state index in [0.29, 0.717) is 25.2 Å². The number of piperidine rings is 1. The van der Waals surface area contributed by atoms with E-state index in [2.05, 4.69) is 5.32 Å². The third-order valence-electron chi connectivity index (χ3n) is 6.01. The van der Waals surface area contributed by atoms with Gasteiger partial charge in [0.2, 0.25) is 0 Å². The molecule has 1 aromatic rings. The Labute approximate surface area is 157 Å². The van der Waals surface area contributed by atoms with Gasteiger partial charge >= 0.3 is 12.2 Å². The van der Waals surface area contributed by atoms with Crippen molar-refractivity contribution >= 4 is 6.03 Å². The average molecular weight is 384 g/mol. The van der Waals surface area contributed by atoms with Gasteiger partial charge in [-0.1, -0.05) is 31.0 Å². The molecule has 1 heterocycles. The van der Waals surface area contributed by atoms with E-state index in [0.717, 1.165) is 44.6 Å². The number of carbonyl (C=O) groups is 1. The maximum atomic E-state index is 13.1. The van der Waals surface area contributed by atoms with Gasteiger partial charge in [0.1, 0.15) is 0 Å². The van der Waals surface area contributed by atoms with Crippen molar-refractivity contribution < 1.29 is 23.1 Å². The fraction of sp³-hybridized carbons (Fsp3) is 0.650. The molecule has 1 unspecified atom stereocenters. The number of nitrogens with one attached hydrogen (secondary N) is 1. The molecular formula is C20H27F3N2O2. The number of hydrogen-bond acceptors (Lipinski definition) is 2. The summed E-state index contributed by atoms with van der Waals surface area (Å²) in [5.41, 5.74) is -0.426. The summed E-state index contributed by atoms with van der Waals surface area (Å²) in [7, 11) is 0. The highest BCUT2D eigenvalue weighted by atomic mass is 19.4. The maximum Gasteiger partial charge on any atom is 0.416 e. The topological polar surface area (TPSA) is 52.6 Å². The van der Waals surface area contributed by atoms with Crippen LogP contribution in [0.4, 0.5) is 18.0 Å². The van der Waals surface area contributed by atoms with E-state index in [1.807, 2.05) is 0 Å². The first kappa shape index (κ1) is 20.0. The molecule has 2 fully saturated rings. The predicted octanol–water partition coefficient (Wildman–Crippen LogP) is 3.93. The molecule has 1 aliphatic carbocycles.